The zero-order valence-electron chi connectivity index (χ0n) is 15.3. The summed E-state index contributed by atoms with van der Waals surface area (Å²) in [4.78, 5) is 14.4. The van der Waals surface area contributed by atoms with Gasteiger partial charge in [-0.3, -0.25) is 0 Å². The van der Waals surface area contributed by atoms with E-state index in [9.17, 15) is 4.79 Å². The van der Waals surface area contributed by atoms with Gasteiger partial charge in [-0.05, 0) is 40.5 Å². The summed E-state index contributed by atoms with van der Waals surface area (Å²) in [5.41, 5.74) is 1.09. The van der Waals surface area contributed by atoms with Crippen molar-refractivity contribution in [2.45, 2.75) is 44.8 Å². The number of amides is 1. The second-order valence-corrected chi connectivity index (χ2v) is 7.25. The van der Waals surface area contributed by atoms with Crippen LogP contribution in [0.2, 0.25) is 0 Å². The molecule has 0 N–H and O–H groups in total. The van der Waals surface area contributed by atoms with Crippen molar-refractivity contribution in [2.75, 3.05) is 7.05 Å². The van der Waals surface area contributed by atoms with Crippen molar-refractivity contribution in [1.29, 1.82) is 0 Å². The summed E-state index contributed by atoms with van der Waals surface area (Å²) < 4.78 is 5.75. The van der Waals surface area contributed by atoms with Crippen molar-refractivity contribution in [3.63, 3.8) is 0 Å². The zero-order chi connectivity index (χ0) is 17.9. The highest BCUT2D eigenvalue weighted by Gasteiger charge is 2.23. The summed E-state index contributed by atoms with van der Waals surface area (Å²) in [7, 11) is 1.87. The Morgan fingerprint density at radius 3 is 2.15 bits per heavy atom. The number of hydrogen-bond acceptors (Lipinski definition) is 2. The van der Waals surface area contributed by atoms with Crippen LogP contribution in [-0.2, 0) is 11.3 Å². The normalized spacial score (nSPS) is 15.3. The van der Waals surface area contributed by atoms with Gasteiger partial charge >= 0.3 is 6.09 Å². The van der Waals surface area contributed by atoms with E-state index in [1.807, 2.05) is 31.3 Å². The molecule has 3 nitrogen and oxygen atoms in total. The molecule has 1 saturated carbocycles. The maximum atomic E-state index is 12.6. The van der Waals surface area contributed by atoms with E-state index in [2.05, 4.69) is 30.3 Å². The first-order chi connectivity index (χ1) is 12.7. The minimum atomic E-state index is -0.214. The highest BCUT2D eigenvalue weighted by molar-refractivity contribution is 6.02. The van der Waals surface area contributed by atoms with Gasteiger partial charge in [0, 0.05) is 18.7 Å². The highest BCUT2D eigenvalue weighted by Crippen LogP contribution is 2.29. The lowest BCUT2D eigenvalue weighted by Crippen LogP contribution is -2.38. The van der Waals surface area contributed by atoms with Gasteiger partial charge in [0.05, 0.1) is 0 Å². The SMILES string of the molecule is CN(C(=O)OCc1c2ccccc2cc2ccccc12)C1CCCCC1. The fourth-order valence-electron chi connectivity index (χ4n) is 4.12. The standard InChI is InChI=1S/C23H25NO2/c1-24(19-11-3-2-4-12-19)23(25)26-16-22-20-13-7-5-9-17(20)15-18-10-6-8-14-21(18)22/h5-10,13-15,19H,2-4,11-12,16H2,1H3. The van der Waals surface area contributed by atoms with Crippen molar-refractivity contribution >= 4 is 27.6 Å². The molecule has 3 heteroatoms. The third kappa shape index (κ3) is 3.26. The molecule has 1 amide bonds. The Balaban J connectivity index is 1.60. The highest BCUT2D eigenvalue weighted by atomic mass is 16.6. The van der Waals surface area contributed by atoms with Crippen LogP contribution in [0.1, 0.15) is 37.7 Å². The fourth-order valence-corrected chi connectivity index (χ4v) is 4.12. The van der Waals surface area contributed by atoms with Gasteiger partial charge in [0.15, 0.2) is 0 Å². The summed E-state index contributed by atoms with van der Waals surface area (Å²) in [6, 6.07) is 19.1. The van der Waals surface area contributed by atoms with Gasteiger partial charge in [-0.15, -0.1) is 0 Å². The maximum absolute atomic E-state index is 12.6. The minimum absolute atomic E-state index is 0.214. The molecule has 26 heavy (non-hydrogen) atoms. The molecule has 0 bridgehead atoms. The number of carbonyl (C=O) groups excluding carboxylic acids is 1. The van der Waals surface area contributed by atoms with Crippen molar-refractivity contribution in [1.82, 2.24) is 4.90 Å². The Bertz CT molecular complexity index is 874. The van der Waals surface area contributed by atoms with Crippen LogP contribution in [0.25, 0.3) is 21.5 Å². The average Bonchev–Trinajstić information content (AvgIpc) is 2.71. The molecule has 134 valence electrons. The summed E-state index contributed by atoms with van der Waals surface area (Å²) in [5.74, 6) is 0. The average molecular weight is 347 g/mol. The molecule has 0 aromatic heterocycles. The molecule has 0 saturated heterocycles. The topological polar surface area (TPSA) is 29.5 Å². The molecular weight excluding hydrogens is 322 g/mol. The van der Waals surface area contributed by atoms with Crippen molar-refractivity contribution in [3.05, 3.63) is 60.2 Å². The van der Waals surface area contributed by atoms with E-state index in [0.29, 0.717) is 12.6 Å². The molecule has 1 aliphatic carbocycles. The molecule has 0 unspecified atom stereocenters. The zero-order valence-corrected chi connectivity index (χ0v) is 15.3. The monoisotopic (exact) mass is 347 g/mol. The third-order valence-electron chi connectivity index (χ3n) is 5.63. The van der Waals surface area contributed by atoms with Crippen LogP contribution in [0, 0.1) is 0 Å². The largest absolute Gasteiger partial charge is 0.444 e. The van der Waals surface area contributed by atoms with Crippen molar-refractivity contribution in [3.8, 4) is 0 Å². The van der Waals surface area contributed by atoms with Crippen LogP contribution >= 0.6 is 0 Å². The Labute approximate surface area is 154 Å². The predicted octanol–water partition coefficient (Wildman–Crippen LogP) is 5.89. The summed E-state index contributed by atoms with van der Waals surface area (Å²) in [6.45, 7) is 0.303. The van der Waals surface area contributed by atoms with Crippen LogP contribution in [0.4, 0.5) is 4.79 Å². The first-order valence-electron chi connectivity index (χ1n) is 9.53. The molecule has 0 radical (unpaired) electrons. The number of nitrogens with zero attached hydrogens (tertiary/aromatic N) is 1. The van der Waals surface area contributed by atoms with Gasteiger partial charge in [0.1, 0.15) is 6.61 Å². The summed E-state index contributed by atoms with van der Waals surface area (Å²) in [5, 5.41) is 4.66. The smallest absolute Gasteiger partial charge is 0.410 e. The molecule has 0 spiro atoms. The van der Waals surface area contributed by atoms with Crippen LogP contribution < -0.4 is 0 Å². The molecule has 3 aromatic carbocycles. The quantitative estimate of drug-likeness (QED) is 0.553. The molecular formula is C23H25NO2. The Morgan fingerprint density at radius 2 is 1.54 bits per heavy atom. The number of carbonyl (C=O) groups is 1. The second-order valence-electron chi connectivity index (χ2n) is 7.25. The van der Waals surface area contributed by atoms with Gasteiger partial charge in [-0.1, -0.05) is 67.8 Å². The molecule has 0 heterocycles. The van der Waals surface area contributed by atoms with E-state index in [1.165, 1.54) is 30.0 Å². The third-order valence-corrected chi connectivity index (χ3v) is 5.63. The van der Waals surface area contributed by atoms with Crippen LogP contribution in [0.15, 0.2) is 54.6 Å². The van der Waals surface area contributed by atoms with Crippen LogP contribution in [-0.4, -0.2) is 24.1 Å². The van der Waals surface area contributed by atoms with Crippen molar-refractivity contribution < 1.29 is 9.53 Å². The number of ether oxygens (including phenoxy) is 1. The summed E-state index contributed by atoms with van der Waals surface area (Å²) >= 11 is 0. The van der Waals surface area contributed by atoms with E-state index in [4.69, 9.17) is 4.74 Å². The van der Waals surface area contributed by atoms with Crippen LogP contribution in [0.3, 0.4) is 0 Å². The first kappa shape index (κ1) is 16.9. The molecule has 1 aliphatic rings. The Kier molecular flexibility index (Phi) is 4.79. The Hall–Kier alpha value is -2.55. The van der Waals surface area contributed by atoms with E-state index in [-0.39, 0.29) is 6.09 Å². The van der Waals surface area contributed by atoms with Gasteiger partial charge in [-0.2, -0.15) is 0 Å². The molecule has 4 rings (SSSR count). The lowest BCUT2D eigenvalue weighted by atomic mass is 9.95. The number of fused-ring (bicyclic) bond motifs is 2. The van der Waals surface area contributed by atoms with Crippen molar-refractivity contribution in [2.24, 2.45) is 0 Å². The van der Waals surface area contributed by atoms with Gasteiger partial charge in [0.25, 0.3) is 0 Å². The number of benzene rings is 3. The minimum Gasteiger partial charge on any atom is -0.444 e. The number of hydrogen-bond donors (Lipinski definition) is 0. The summed E-state index contributed by atoms with van der Waals surface area (Å²) in [6.07, 6.45) is 5.65. The molecule has 3 aromatic rings. The molecule has 0 aliphatic heterocycles. The lowest BCUT2D eigenvalue weighted by Gasteiger charge is -2.30. The fraction of sp³-hybridized carbons (Fsp3) is 0.348. The molecule has 0 atom stereocenters. The van der Waals surface area contributed by atoms with E-state index in [1.54, 1.807) is 4.90 Å². The van der Waals surface area contributed by atoms with E-state index < -0.39 is 0 Å². The van der Waals surface area contributed by atoms with Crippen LogP contribution in [0.5, 0.6) is 0 Å². The lowest BCUT2D eigenvalue weighted by molar-refractivity contribution is 0.0841. The van der Waals surface area contributed by atoms with Gasteiger partial charge < -0.3 is 9.64 Å². The molecule has 1 fully saturated rings. The second kappa shape index (κ2) is 7.36. The predicted molar refractivity (Wildman–Crippen MR) is 106 cm³/mol. The van der Waals surface area contributed by atoms with Gasteiger partial charge in [0.2, 0.25) is 0 Å². The number of rotatable bonds is 3. The van der Waals surface area contributed by atoms with Gasteiger partial charge in [-0.25, -0.2) is 4.79 Å². The van der Waals surface area contributed by atoms with E-state index in [0.717, 1.165) is 29.2 Å². The Morgan fingerprint density at radius 1 is 0.962 bits per heavy atom. The maximum Gasteiger partial charge on any atom is 0.410 e. The van der Waals surface area contributed by atoms with E-state index >= 15 is 0 Å². The first-order valence-corrected chi connectivity index (χ1v) is 9.53.